The van der Waals surface area contributed by atoms with Gasteiger partial charge in [-0.3, -0.25) is 9.59 Å². The first kappa shape index (κ1) is 18.7. The van der Waals surface area contributed by atoms with Crippen molar-refractivity contribution in [2.45, 2.75) is 39.0 Å². The van der Waals surface area contributed by atoms with Gasteiger partial charge in [0.05, 0.1) is 19.4 Å². The average molecular weight is 340 g/mol. The molecule has 4 heteroatoms. The summed E-state index contributed by atoms with van der Waals surface area (Å²) in [5, 5.41) is 0. The van der Waals surface area contributed by atoms with Gasteiger partial charge in [-0.1, -0.05) is 62.2 Å². The van der Waals surface area contributed by atoms with Crippen LogP contribution < -0.4 is 4.74 Å². The van der Waals surface area contributed by atoms with Crippen LogP contribution in [-0.2, 0) is 14.3 Å². The first-order chi connectivity index (χ1) is 12.2. The Balaban J connectivity index is 1.74. The second kappa shape index (κ2) is 10.3. The van der Waals surface area contributed by atoms with Gasteiger partial charge in [-0.05, 0) is 29.7 Å². The molecule has 132 valence electrons. The molecule has 0 amide bonds. The average Bonchev–Trinajstić information content (AvgIpc) is 2.65. The van der Waals surface area contributed by atoms with Gasteiger partial charge in [-0.15, -0.1) is 0 Å². The predicted octanol–water partition coefficient (Wildman–Crippen LogP) is 4.77. The van der Waals surface area contributed by atoms with Gasteiger partial charge in [0.1, 0.15) is 5.75 Å². The van der Waals surface area contributed by atoms with Crippen LogP contribution in [0.4, 0.5) is 0 Å². The highest BCUT2D eigenvalue weighted by molar-refractivity contribution is 5.79. The monoisotopic (exact) mass is 340 g/mol. The van der Waals surface area contributed by atoms with E-state index in [4.69, 9.17) is 9.47 Å². The third-order valence-electron chi connectivity index (χ3n) is 3.74. The molecule has 0 saturated heterocycles. The normalized spacial score (nSPS) is 10.3. The number of rotatable bonds is 9. The minimum atomic E-state index is -0.432. The minimum absolute atomic E-state index is 0.0209. The van der Waals surface area contributed by atoms with Crippen LogP contribution in [0.25, 0.3) is 11.1 Å². The van der Waals surface area contributed by atoms with Gasteiger partial charge in [-0.2, -0.15) is 0 Å². The predicted molar refractivity (Wildman–Crippen MR) is 97.2 cm³/mol. The van der Waals surface area contributed by atoms with Crippen LogP contribution in [0.1, 0.15) is 39.0 Å². The van der Waals surface area contributed by atoms with Crippen molar-refractivity contribution in [3.8, 4) is 16.9 Å². The Morgan fingerprint density at radius 3 is 2.12 bits per heavy atom. The number of carbonyl (C=O) groups excluding carboxylic acids is 2. The first-order valence-electron chi connectivity index (χ1n) is 8.71. The Morgan fingerprint density at radius 2 is 1.44 bits per heavy atom. The van der Waals surface area contributed by atoms with E-state index in [1.165, 1.54) is 0 Å². The Kier molecular flexibility index (Phi) is 7.70. The molecule has 0 N–H and O–H groups in total. The molecule has 0 unspecified atom stereocenters. The highest BCUT2D eigenvalue weighted by Gasteiger charge is 2.10. The third-order valence-corrected chi connectivity index (χ3v) is 3.74. The Morgan fingerprint density at radius 1 is 0.800 bits per heavy atom. The molecule has 0 spiro atoms. The van der Waals surface area contributed by atoms with Gasteiger partial charge < -0.3 is 9.47 Å². The lowest BCUT2D eigenvalue weighted by molar-refractivity contribution is -0.147. The van der Waals surface area contributed by atoms with E-state index in [9.17, 15) is 9.59 Å². The number of esters is 2. The Hall–Kier alpha value is -2.62. The lowest BCUT2D eigenvalue weighted by Crippen LogP contribution is -2.12. The number of hydrogen-bond acceptors (Lipinski definition) is 4. The van der Waals surface area contributed by atoms with Gasteiger partial charge in [0.2, 0.25) is 0 Å². The van der Waals surface area contributed by atoms with Crippen molar-refractivity contribution < 1.29 is 19.1 Å². The van der Waals surface area contributed by atoms with Gasteiger partial charge in [-0.25, -0.2) is 0 Å². The van der Waals surface area contributed by atoms with Crippen LogP contribution in [0.5, 0.6) is 5.75 Å². The molecule has 0 aliphatic heterocycles. The van der Waals surface area contributed by atoms with Crippen molar-refractivity contribution in [2.24, 2.45) is 0 Å². The van der Waals surface area contributed by atoms with Crippen molar-refractivity contribution in [1.29, 1.82) is 0 Å². The number of ether oxygens (including phenoxy) is 2. The van der Waals surface area contributed by atoms with Gasteiger partial charge >= 0.3 is 11.9 Å². The molecule has 0 atom stereocenters. The maximum atomic E-state index is 11.8. The molecule has 0 heterocycles. The quantitative estimate of drug-likeness (QED) is 0.375. The SMILES string of the molecule is CCCCCOC(=O)CCC(=O)Oc1ccc(-c2ccccc2)cc1. The number of benzene rings is 2. The summed E-state index contributed by atoms with van der Waals surface area (Å²) >= 11 is 0. The summed E-state index contributed by atoms with van der Waals surface area (Å²) in [4.78, 5) is 23.4. The van der Waals surface area contributed by atoms with E-state index in [2.05, 4.69) is 6.92 Å². The van der Waals surface area contributed by atoms with E-state index in [1.807, 2.05) is 42.5 Å². The molecular weight excluding hydrogens is 316 g/mol. The summed E-state index contributed by atoms with van der Waals surface area (Å²) in [6, 6.07) is 17.3. The van der Waals surface area contributed by atoms with Gasteiger partial charge in [0.15, 0.2) is 0 Å². The fourth-order valence-corrected chi connectivity index (χ4v) is 2.34. The zero-order valence-corrected chi connectivity index (χ0v) is 14.6. The molecule has 0 fully saturated rings. The molecule has 2 aromatic rings. The molecule has 0 saturated carbocycles. The second-order valence-corrected chi connectivity index (χ2v) is 5.79. The first-order valence-corrected chi connectivity index (χ1v) is 8.71. The highest BCUT2D eigenvalue weighted by atomic mass is 16.5. The molecule has 25 heavy (non-hydrogen) atoms. The molecule has 0 aliphatic carbocycles. The van der Waals surface area contributed by atoms with Crippen LogP contribution in [0.15, 0.2) is 54.6 Å². The molecule has 4 nitrogen and oxygen atoms in total. The Bertz CT molecular complexity index is 662. The second-order valence-electron chi connectivity index (χ2n) is 5.79. The van der Waals surface area contributed by atoms with Crippen LogP contribution in [0.3, 0.4) is 0 Å². The summed E-state index contributed by atoms with van der Waals surface area (Å²) in [5.41, 5.74) is 2.15. The third kappa shape index (κ3) is 6.79. The summed E-state index contributed by atoms with van der Waals surface area (Å²) in [5.74, 6) is -0.313. The van der Waals surface area contributed by atoms with Crippen molar-refractivity contribution >= 4 is 11.9 Å². The number of carbonyl (C=O) groups is 2. The molecule has 2 aromatic carbocycles. The molecule has 0 bridgehead atoms. The topological polar surface area (TPSA) is 52.6 Å². The summed E-state index contributed by atoms with van der Waals surface area (Å²) in [6.07, 6.45) is 3.04. The largest absolute Gasteiger partial charge is 0.466 e. The van der Waals surface area contributed by atoms with Gasteiger partial charge in [0.25, 0.3) is 0 Å². The number of unbranched alkanes of at least 4 members (excludes halogenated alkanes) is 2. The van der Waals surface area contributed by atoms with Crippen molar-refractivity contribution in [3.05, 3.63) is 54.6 Å². The van der Waals surface area contributed by atoms with E-state index in [0.29, 0.717) is 12.4 Å². The van der Waals surface area contributed by atoms with Crippen molar-refractivity contribution in [3.63, 3.8) is 0 Å². The Labute approximate surface area is 148 Å². The molecule has 0 aliphatic rings. The fourth-order valence-electron chi connectivity index (χ4n) is 2.34. The summed E-state index contributed by atoms with van der Waals surface area (Å²) < 4.78 is 10.3. The standard InChI is InChI=1S/C21H24O4/c1-2-3-7-16-24-20(22)14-15-21(23)25-19-12-10-18(11-13-19)17-8-5-4-6-9-17/h4-6,8-13H,2-3,7,14-16H2,1H3. The maximum absolute atomic E-state index is 11.8. The van der Waals surface area contributed by atoms with E-state index >= 15 is 0 Å². The molecule has 0 aromatic heterocycles. The highest BCUT2D eigenvalue weighted by Crippen LogP contribution is 2.22. The van der Waals surface area contributed by atoms with E-state index < -0.39 is 5.97 Å². The van der Waals surface area contributed by atoms with Gasteiger partial charge in [0, 0.05) is 0 Å². The molecular formula is C21H24O4. The van der Waals surface area contributed by atoms with Crippen molar-refractivity contribution in [1.82, 2.24) is 0 Å². The van der Waals surface area contributed by atoms with Crippen molar-refractivity contribution in [2.75, 3.05) is 6.61 Å². The summed E-state index contributed by atoms with van der Waals surface area (Å²) in [6.45, 7) is 2.51. The van der Waals surface area contributed by atoms with E-state index in [0.717, 1.165) is 30.4 Å². The van der Waals surface area contributed by atoms with E-state index in [-0.39, 0.29) is 18.8 Å². The van der Waals surface area contributed by atoms with E-state index in [1.54, 1.807) is 12.1 Å². The minimum Gasteiger partial charge on any atom is -0.466 e. The zero-order valence-electron chi connectivity index (χ0n) is 14.6. The lowest BCUT2D eigenvalue weighted by atomic mass is 10.1. The fraction of sp³-hybridized carbons (Fsp3) is 0.333. The van der Waals surface area contributed by atoms with Crippen LogP contribution >= 0.6 is 0 Å². The summed E-state index contributed by atoms with van der Waals surface area (Å²) in [7, 11) is 0. The van der Waals surface area contributed by atoms with Crippen LogP contribution in [-0.4, -0.2) is 18.5 Å². The lowest BCUT2D eigenvalue weighted by Gasteiger charge is -2.07. The van der Waals surface area contributed by atoms with Crippen LogP contribution in [0, 0.1) is 0 Å². The molecule has 0 radical (unpaired) electrons. The molecule has 2 rings (SSSR count). The smallest absolute Gasteiger partial charge is 0.311 e. The maximum Gasteiger partial charge on any atom is 0.311 e. The number of hydrogen-bond donors (Lipinski definition) is 0. The van der Waals surface area contributed by atoms with Crippen LogP contribution in [0.2, 0.25) is 0 Å². The zero-order chi connectivity index (χ0) is 17.9.